The number of thiazole rings is 1. The molecule has 0 radical (unpaired) electrons. The fraction of sp³-hybridized carbons (Fsp3) is 0.227. The molecule has 0 bridgehead atoms. The molecule has 29 heavy (non-hydrogen) atoms. The number of benzene rings is 2. The van der Waals surface area contributed by atoms with E-state index in [0.717, 1.165) is 11.1 Å². The van der Waals surface area contributed by atoms with Gasteiger partial charge in [0.05, 0.1) is 25.8 Å². The van der Waals surface area contributed by atoms with Crippen LogP contribution in [0.4, 0.5) is 5.13 Å². The predicted octanol–water partition coefficient (Wildman–Crippen LogP) is 3.50. The van der Waals surface area contributed by atoms with Gasteiger partial charge in [-0.05, 0) is 11.1 Å². The normalized spacial score (nSPS) is 10.7. The van der Waals surface area contributed by atoms with E-state index in [4.69, 9.17) is 0 Å². The van der Waals surface area contributed by atoms with Crippen molar-refractivity contribution in [3.05, 3.63) is 82.9 Å². The average molecular weight is 410 g/mol. The van der Waals surface area contributed by atoms with Crippen LogP contribution in [0.5, 0.6) is 0 Å². The van der Waals surface area contributed by atoms with Crippen LogP contribution in [0.1, 0.15) is 16.8 Å². The summed E-state index contributed by atoms with van der Waals surface area (Å²) in [5, 5.41) is 5.06. The van der Waals surface area contributed by atoms with Gasteiger partial charge in [-0.15, -0.1) is 11.3 Å². The maximum Gasteiger partial charge on any atom is 0.311 e. The van der Waals surface area contributed by atoms with E-state index in [9.17, 15) is 9.59 Å². The lowest BCUT2D eigenvalue weighted by Crippen LogP contribution is -2.32. The zero-order chi connectivity index (χ0) is 20.5. The van der Waals surface area contributed by atoms with Crippen LogP contribution in [0.3, 0.4) is 0 Å². The summed E-state index contributed by atoms with van der Waals surface area (Å²) in [6.45, 7) is 1.55. The molecule has 3 rings (SSSR count). The monoisotopic (exact) mass is 409 g/mol. The van der Waals surface area contributed by atoms with E-state index >= 15 is 0 Å². The van der Waals surface area contributed by atoms with E-state index in [1.807, 2.05) is 36.4 Å². The quantitative estimate of drug-likeness (QED) is 0.548. The van der Waals surface area contributed by atoms with E-state index in [1.165, 1.54) is 18.4 Å². The summed E-state index contributed by atoms with van der Waals surface area (Å²) in [5.41, 5.74) is 2.87. The minimum Gasteiger partial charge on any atom is -0.469 e. The van der Waals surface area contributed by atoms with Gasteiger partial charge in [-0.3, -0.25) is 14.5 Å². The van der Waals surface area contributed by atoms with E-state index < -0.39 is 0 Å². The van der Waals surface area contributed by atoms with Gasteiger partial charge in [0.1, 0.15) is 0 Å². The van der Waals surface area contributed by atoms with Gasteiger partial charge in [-0.1, -0.05) is 60.7 Å². The lowest BCUT2D eigenvalue weighted by Gasteiger charge is -2.22. The van der Waals surface area contributed by atoms with Gasteiger partial charge in [0.2, 0.25) is 5.91 Å². The summed E-state index contributed by atoms with van der Waals surface area (Å²) in [6.07, 6.45) is 0.0943. The summed E-state index contributed by atoms with van der Waals surface area (Å²) in [7, 11) is 1.34. The molecular formula is C22H23N3O3S. The van der Waals surface area contributed by atoms with Crippen LogP contribution in [0.25, 0.3) is 0 Å². The molecule has 1 heterocycles. The first-order valence-corrected chi connectivity index (χ1v) is 10.1. The van der Waals surface area contributed by atoms with Crippen molar-refractivity contribution in [2.45, 2.75) is 19.5 Å². The van der Waals surface area contributed by atoms with Crippen LogP contribution in [0, 0.1) is 0 Å². The van der Waals surface area contributed by atoms with E-state index in [0.29, 0.717) is 23.9 Å². The molecule has 3 aromatic rings. The van der Waals surface area contributed by atoms with Crippen molar-refractivity contribution >= 4 is 28.3 Å². The number of nitrogens with zero attached hydrogens (tertiary/aromatic N) is 2. The Labute approximate surface area is 174 Å². The lowest BCUT2D eigenvalue weighted by atomic mass is 10.1. The number of amides is 1. The minimum absolute atomic E-state index is 0.0943. The smallest absolute Gasteiger partial charge is 0.311 e. The molecule has 0 aliphatic carbocycles. The van der Waals surface area contributed by atoms with Gasteiger partial charge in [0, 0.05) is 18.5 Å². The largest absolute Gasteiger partial charge is 0.469 e. The molecule has 7 heteroatoms. The Balaban J connectivity index is 1.63. The molecular weight excluding hydrogens is 386 g/mol. The third kappa shape index (κ3) is 6.81. The average Bonchev–Trinajstić information content (AvgIpc) is 3.15. The van der Waals surface area contributed by atoms with Gasteiger partial charge in [0.15, 0.2) is 5.13 Å². The number of nitrogens with one attached hydrogen (secondary N) is 1. The van der Waals surface area contributed by atoms with Gasteiger partial charge >= 0.3 is 5.97 Å². The summed E-state index contributed by atoms with van der Waals surface area (Å²) < 4.78 is 4.64. The van der Waals surface area contributed by atoms with Gasteiger partial charge in [0.25, 0.3) is 0 Å². The molecule has 0 aliphatic rings. The van der Waals surface area contributed by atoms with E-state index in [2.05, 4.69) is 44.2 Å². The highest BCUT2D eigenvalue weighted by Gasteiger charge is 2.14. The second-order valence-corrected chi connectivity index (χ2v) is 7.42. The molecule has 6 nitrogen and oxygen atoms in total. The van der Waals surface area contributed by atoms with Gasteiger partial charge in [-0.25, -0.2) is 4.98 Å². The van der Waals surface area contributed by atoms with Crippen LogP contribution in [0.2, 0.25) is 0 Å². The topological polar surface area (TPSA) is 71.5 Å². The number of carbonyl (C=O) groups excluding carboxylic acids is 2. The molecule has 0 saturated heterocycles. The molecule has 0 unspecified atom stereocenters. The standard InChI is InChI=1S/C22H23N3O3S/c1-28-21(27)12-19-16-29-22(23-19)24-20(26)15-25(13-17-8-4-2-5-9-17)14-18-10-6-3-7-11-18/h2-11,16H,12-15H2,1H3,(H,23,24,26). The molecule has 1 aromatic heterocycles. The second kappa shape index (κ2) is 10.5. The Morgan fingerprint density at radius 3 is 2.14 bits per heavy atom. The summed E-state index contributed by atoms with van der Waals surface area (Å²) in [6, 6.07) is 20.1. The Bertz CT molecular complexity index is 887. The number of methoxy groups -OCH3 is 1. The van der Waals surface area contributed by atoms with Gasteiger partial charge < -0.3 is 10.1 Å². The third-order valence-electron chi connectivity index (χ3n) is 4.22. The molecule has 0 saturated carbocycles. The summed E-state index contributed by atoms with van der Waals surface area (Å²) in [5.74, 6) is -0.499. The van der Waals surface area contributed by atoms with Crippen molar-refractivity contribution in [1.29, 1.82) is 0 Å². The minimum atomic E-state index is -0.356. The zero-order valence-corrected chi connectivity index (χ0v) is 17.0. The van der Waals surface area contributed by atoms with Crippen LogP contribution < -0.4 is 5.32 Å². The Kier molecular flexibility index (Phi) is 7.49. The van der Waals surface area contributed by atoms with Crippen molar-refractivity contribution in [1.82, 2.24) is 9.88 Å². The number of carbonyl (C=O) groups is 2. The number of hydrogen-bond acceptors (Lipinski definition) is 6. The molecule has 2 aromatic carbocycles. The first-order chi connectivity index (χ1) is 14.1. The van der Waals surface area contributed by atoms with Crippen molar-refractivity contribution in [3.63, 3.8) is 0 Å². The first kappa shape index (κ1) is 20.7. The summed E-state index contributed by atoms with van der Waals surface area (Å²) >= 11 is 1.30. The van der Waals surface area contributed by atoms with Crippen molar-refractivity contribution in [3.8, 4) is 0 Å². The van der Waals surface area contributed by atoms with Crippen LogP contribution in [0.15, 0.2) is 66.0 Å². The summed E-state index contributed by atoms with van der Waals surface area (Å²) in [4.78, 5) is 30.3. The van der Waals surface area contributed by atoms with Crippen molar-refractivity contribution in [2.24, 2.45) is 0 Å². The number of ether oxygens (including phenoxy) is 1. The van der Waals surface area contributed by atoms with Crippen LogP contribution in [-0.4, -0.2) is 35.4 Å². The predicted molar refractivity (Wildman–Crippen MR) is 113 cm³/mol. The molecule has 150 valence electrons. The van der Waals surface area contributed by atoms with Crippen molar-refractivity contribution in [2.75, 3.05) is 19.0 Å². The number of esters is 1. The molecule has 0 spiro atoms. The molecule has 0 aliphatic heterocycles. The van der Waals surface area contributed by atoms with Crippen molar-refractivity contribution < 1.29 is 14.3 Å². The number of hydrogen-bond donors (Lipinski definition) is 1. The van der Waals surface area contributed by atoms with Crippen LogP contribution >= 0.6 is 11.3 Å². The molecule has 1 amide bonds. The fourth-order valence-electron chi connectivity index (χ4n) is 2.88. The fourth-order valence-corrected chi connectivity index (χ4v) is 3.60. The zero-order valence-electron chi connectivity index (χ0n) is 16.2. The number of aromatic nitrogens is 1. The molecule has 1 N–H and O–H groups in total. The van der Waals surface area contributed by atoms with E-state index in [-0.39, 0.29) is 24.8 Å². The van der Waals surface area contributed by atoms with Crippen LogP contribution in [-0.2, 0) is 33.8 Å². The van der Waals surface area contributed by atoms with E-state index in [1.54, 1.807) is 5.38 Å². The number of rotatable bonds is 9. The highest BCUT2D eigenvalue weighted by molar-refractivity contribution is 7.13. The Hall–Kier alpha value is -3.03. The molecule has 0 fully saturated rings. The molecule has 0 atom stereocenters. The first-order valence-electron chi connectivity index (χ1n) is 9.23. The maximum atomic E-state index is 12.6. The van der Waals surface area contributed by atoms with Gasteiger partial charge in [-0.2, -0.15) is 0 Å². The third-order valence-corrected chi connectivity index (χ3v) is 5.02. The highest BCUT2D eigenvalue weighted by Crippen LogP contribution is 2.17. The highest BCUT2D eigenvalue weighted by atomic mass is 32.1. The number of anilines is 1. The maximum absolute atomic E-state index is 12.6. The Morgan fingerprint density at radius 2 is 1.59 bits per heavy atom. The second-order valence-electron chi connectivity index (χ2n) is 6.56. The lowest BCUT2D eigenvalue weighted by molar-refractivity contribution is -0.139. The SMILES string of the molecule is COC(=O)Cc1csc(NC(=O)CN(Cc2ccccc2)Cc2ccccc2)n1. The Morgan fingerprint density at radius 1 is 1.00 bits per heavy atom.